The first-order chi connectivity index (χ1) is 6.77. The van der Waals surface area contributed by atoms with Crippen LogP contribution in [0.15, 0.2) is 36.9 Å². The standard InChI is InChI=1S/C10H8O4/c1-2-10(12)14-13-9-6-4-3-5-8(9)7-11/h2-7H,1H2. The van der Waals surface area contributed by atoms with Gasteiger partial charge in [-0.2, -0.15) is 0 Å². The van der Waals surface area contributed by atoms with Crippen molar-refractivity contribution in [1.29, 1.82) is 0 Å². The van der Waals surface area contributed by atoms with Crippen LogP contribution < -0.4 is 4.89 Å². The fourth-order valence-electron chi connectivity index (χ4n) is 0.774. The SMILES string of the molecule is C=CC(=O)OOc1ccccc1C=O. The first-order valence-electron chi connectivity index (χ1n) is 3.83. The maximum absolute atomic E-state index is 10.6. The maximum Gasteiger partial charge on any atom is 0.378 e. The summed E-state index contributed by atoms with van der Waals surface area (Å²) >= 11 is 0. The van der Waals surface area contributed by atoms with Crippen molar-refractivity contribution in [3.63, 3.8) is 0 Å². The molecule has 0 spiro atoms. The number of hydrogen-bond donors (Lipinski definition) is 0. The number of benzene rings is 1. The molecule has 0 aliphatic carbocycles. The second kappa shape index (κ2) is 4.81. The highest BCUT2D eigenvalue weighted by Gasteiger charge is 2.04. The molecule has 1 aromatic rings. The van der Waals surface area contributed by atoms with E-state index in [4.69, 9.17) is 0 Å². The van der Waals surface area contributed by atoms with Gasteiger partial charge in [0.05, 0.1) is 5.56 Å². The molecule has 14 heavy (non-hydrogen) atoms. The molecule has 4 heteroatoms. The van der Waals surface area contributed by atoms with Gasteiger partial charge in [0.1, 0.15) is 0 Å². The lowest BCUT2D eigenvalue weighted by Crippen LogP contribution is -2.05. The van der Waals surface area contributed by atoms with E-state index in [0.717, 1.165) is 6.08 Å². The van der Waals surface area contributed by atoms with Crippen LogP contribution in [0.25, 0.3) is 0 Å². The zero-order chi connectivity index (χ0) is 10.4. The smallest absolute Gasteiger partial charge is 0.298 e. The Labute approximate surface area is 80.7 Å². The van der Waals surface area contributed by atoms with Gasteiger partial charge in [0, 0.05) is 6.08 Å². The molecule has 0 N–H and O–H groups in total. The lowest BCUT2D eigenvalue weighted by Gasteiger charge is -2.03. The van der Waals surface area contributed by atoms with Gasteiger partial charge < -0.3 is 0 Å². The highest BCUT2D eigenvalue weighted by molar-refractivity contribution is 5.81. The Balaban J connectivity index is 2.70. The monoisotopic (exact) mass is 192 g/mol. The van der Waals surface area contributed by atoms with E-state index in [2.05, 4.69) is 16.4 Å². The number of carbonyl (C=O) groups is 2. The van der Waals surface area contributed by atoms with Gasteiger partial charge in [-0.15, -0.1) is 0 Å². The Morgan fingerprint density at radius 1 is 1.36 bits per heavy atom. The Kier molecular flexibility index (Phi) is 3.43. The second-order valence-electron chi connectivity index (χ2n) is 2.35. The summed E-state index contributed by atoms with van der Waals surface area (Å²) < 4.78 is 0. The van der Waals surface area contributed by atoms with Gasteiger partial charge in [-0.25, -0.2) is 9.68 Å². The van der Waals surface area contributed by atoms with Gasteiger partial charge >= 0.3 is 5.97 Å². The summed E-state index contributed by atoms with van der Waals surface area (Å²) in [7, 11) is 0. The molecule has 0 radical (unpaired) electrons. The van der Waals surface area contributed by atoms with E-state index in [9.17, 15) is 9.59 Å². The fourth-order valence-corrected chi connectivity index (χ4v) is 0.774. The number of para-hydroxylation sites is 1. The molecule has 0 unspecified atom stereocenters. The minimum Gasteiger partial charge on any atom is -0.298 e. The molecule has 0 aliphatic rings. The number of carbonyl (C=O) groups excluding carboxylic acids is 2. The molecule has 4 nitrogen and oxygen atoms in total. The van der Waals surface area contributed by atoms with Crippen LogP contribution in [0.5, 0.6) is 5.75 Å². The summed E-state index contributed by atoms with van der Waals surface area (Å²) in [6.45, 7) is 3.19. The molecule has 0 aromatic heterocycles. The molecule has 0 amide bonds. The molecular formula is C10H8O4. The van der Waals surface area contributed by atoms with Gasteiger partial charge in [-0.1, -0.05) is 18.7 Å². The van der Waals surface area contributed by atoms with E-state index < -0.39 is 5.97 Å². The molecule has 0 saturated heterocycles. The Bertz CT molecular complexity index is 357. The van der Waals surface area contributed by atoms with E-state index >= 15 is 0 Å². The quantitative estimate of drug-likeness (QED) is 0.314. The van der Waals surface area contributed by atoms with Crippen LogP contribution in [0.4, 0.5) is 0 Å². The van der Waals surface area contributed by atoms with Crippen LogP contribution >= 0.6 is 0 Å². The highest BCUT2D eigenvalue weighted by Crippen LogP contribution is 2.15. The lowest BCUT2D eigenvalue weighted by atomic mass is 10.2. The van der Waals surface area contributed by atoms with Crippen LogP contribution in [-0.2, 0) is 9.68 Å². The first kappa shape index (κ1) is 9.98. The van der Waals surface area contributed by atoms with Gasteiger partial charge in [0.25, 0.3) is 0 Å². The minimum atomic E-state index is -0.717. The van der Waals surface area contributed by atoms with Crippen molar-refractivity contribution < 1.29 is 19.4 Å². The molecule has 0 fully saturated rings. The van der Waals surface area contributed by atoms with Crippen LogP contribution in [0.3, 0.4) is 0 Å². The first-order valence-corrected chi connectivity index (χ1v) is 3.83. The number of rotatable bonds is 4. The third kappa shape index (κ3) is 2.45. The summed E-state index contributed by atoms with van der Waals surface area (Å²) in [6.07, 6.45) is 1.57. The summed E-state index contributed by atoms with van der Waals surface area (Å²) in [5.41, 5.74) is 0.310. The lowest BCUT2D eigenvalue weighted by molar-refractivity contribution is -0.207. The second-order valence-corrected chi connectivity index (χ2v) is 2.35. The third-order valence-corrected chi connectivity index (χ3v) is 1.43. The molecule has 0 saturated carbocycles. The highest BCUT2D eigenvalue weighted by atomic mass is 17.2. The van der Waals surface area contributed by atoms with E-state index in [1.807, 2.05) is 0 Å². The Hall–Kier alpha value is -2.10. The van der Waals surface area contributed by atoms with Gasteiger partial charge in [0.15, 0.2) is 12.0 Å². The van der Waals surface area contributed by atoms with Gasteiger partial charge in [0.2, 0.25) is 0 Å². The van der Waals surface area contributed by atoms with Crippen molar-refractivity contribution in [3.05, 3.63) is 42.5 Å². The number of aldehydes is 1. The molecule has 72 valence electrons. The van der Waals surface area contributed by atoms with Crippen molar-refractivity contribution in [2.75, 3.05) is 0 Å². The van der Waals surface area contributed by atoms with Crippen molar-refractivity contribution in [2.24, 2.45) is 0 Å². The van der Waals surface area contributed by atoms with E-state index in [0.29, 0.717) is 11.8 Å². The Morgan fingerprint density at radius 2 is 2.07 bits per heavy atom. The third-order valence-electron chi connectivity index (χ3n) is 1.43. The van der Waals surface area contributed by atoms with Crippen molar-refractivity contribution in [3.8, 4) is 5.75 Å². The molecule has 0 heterocycles. The fraction of sp³-hybridized carbons (Fsp3) is 0. The van der Waals surface area contributed by atoms with Crippen LogP contribution in [-0.4, -0.2) is 12.3 Å². The van der Waals surface area contributed by atoms with Crippen LogP contribution in [0.1, 0.15) is 10.4 Å². The van der Waals surface area contributed by atoms with Crippen molar-refractivity contribution in [2.45, 2.75) is 0 Å². The predicted octanol–water partition coefficient (Wildman–Crippen LogP) is 1.52. The van der Waals surface area contributed by atoms with Gasteiger partial charge in [-0.3, -0.25) is 9.68 Å². The van der Waals surface area contributed by atoms with E-state index in [1.165, 1.54) is 6.07 Å². The van der Waals surface area contributed by atoms with E-state index in [-0.39, 0.29) is 5.75 Å². The summed E-state index contributed by atoms with van der Waals surface area (Å²) in [5.74, 6) is -0.525. The summed E-state index contributed by atoms with van der Waals surface area (Å²) in [6, 6.07) is 6.39. The molecule has 0 atom stereocenters. The maximum atomic E-state index is 10.6. The van der Waals surface area contributed by atoms with Crippen LogP contribution in [0.2, 0.25) is 0 Å². The topological polar surface area (TPSA) is 52.6 Å². The van der Waals surface area contributed by atoms with Crippen LogP contribution in [0, 0.1) is 0 Å². The number of hydrogen-bond acceptors (Lipinski definition) is 4. The average molecular weight is 192 g/mol. The van der Waals surface area contributed by atoms with Crippen molar-refractivity contribution in [1.82, 2.24) is 0 Å². The van der Waals surface area contributed by atoms with Crippen molar-refractivity contribution >= 4 is 12.3 Å². The molecule has 1 rings (SSSR count). The minimum absolute atomic E-state index is 0.192. The zero-order valence-electron chi connectivity index (χ0n) is 7.30. The van der Waals surface area contributed by atoms with Gasteiger partial charge in [-0.05, 0) is 12.1 Å². The normalized spacial score (nSPS) is 8.86. The molecular weight excluding hydrogens is 184 g/mol. The molecule has 0 aliphatic heterocycles. The Morgan fingerprint density at radius 3 is 2.71 bits per heavy atom. The average Bonchev–Trinajstić information content (AvgIpc) is 2.26. The summed E-state index contributed by atoms with van der Waals surface area (Å²) in [5, 5.41) is 0. The predicted molar refractivity (Wildman–Crippen MR) is 48.7 cm³/mol. The van der Waals surface area contributed by atoms with E-state index in [1.54, 1.807) is 18.2 Å². The summed E-state index contributed by atoms with van der Waals surface area (Å²) in [4.78, 5) is 30.1. The molecule has 0 bridgehead atoms. The zero-order valence-corrected chi connectivity index (χ0v) is 7.30. The largest absolute Gasteiger partial charge is 0.378 e. The molecule has 1 aromatic carbocycles.